The first-order chi connectivity index (χ1) is 14.2. The Morgan fingerprint density at radius 3 is 2.00 bits per heavy atom. The molecule has 0 saturated heterocycles. The first-order valence-corrected chi connectivity index (χ1v) is 11.0. The van der Waals surface area contributed by atoms with Crippen LogP contribution in [0.25, 0.3) is 0 Å². The molecule has 0 aliphatic rings. The Morgan fingerprint density at radius 1 is 0.900 bits per heavy atom. The second-order valence-electron chi connectivity index (χ2n) is 6.76. The lowest BCUT2D eigenvalue weighted by molar-refractivity contribution is -0.142. The average Bonchev–Trinajstić information content (AvgIpc) is 2.71. The van der Waals surface area contributed by atoms with Crippen LogP contribution in [0.15, 0.2) is 65.6 Å². The van der Waals surface area contributed by atoms with Crippen LogP contribution < -0.4 is 10.6 Å². The standard InChI is InChI=1S/C21H24N2O6S/c1-15(24)22-19(14-16-8-4-2-5-9-16)20(25)23-18(21(26)27)12-13-30(28,29)17-10-6-3-7-11-17/h2-11,18-19H,12-14H2,1H3,(H,22,24)(H,23,25)(H,26,27)/t18-,19-/m1/s1. The van der Waals surface area contributed by atoms with Crippen molar-refractivity contribution in [3.05, 3.63) is 66.2 Å². The maximum Gasteiger partial charge on any atom is 0.326 e. The molecule has 2 aromatic carbocycles. The van der Waals surface area contributed by atoms with Crippen LogP contribution in [0.3, 0.4) is 0 Å². The predicted octanol–water partition coefficient (Wildman–Crippen LogP) is 1.17. The van der Waals surface area contributed by atoms with Crippen LogP contribution >= 0.6 is 0 Å². The van der Waals surface area contributed by atoms with Crippen molar-refractivity contribution in [1.29, 1.82) is 0 Å². The number of hydrogen-bond acceptors (Lipinski definition) is 5. The molecule has 2 aromatic rings. The Hall–Kier alpha value is -3.20. The zero-order chi connectivity index (χ0) is 22.1. The molecular weight excluding hydrogens is 408 g/mol. The fraction of sp³-hybridized carbons (Fsp3) is 0.286. The molecule has 0 aliphatic carbocycles. The van der Waals surface area contributed by atoms with Gasteiger partial charge in [-0.15, -0.1) is 0 Å². The van der Waals surface area contributed by atoms with Gasteiger partial charge in [0.2, 0.25) is 11.8 Å². The summed E-state index contributed by atoms with van der Waals surface area (Å²) in [4.78, 5) is 35.8. The normalized spacial score (nSPS) is 13.1. The van der Waals surface area contributed by atoms with Crippen molar-refractivity contribution in [3.63, 3.8) is 0 Å². The van der Waals surface area contributed by atoms with Gasteiger partial charge in [0.05, 0.1) is 10.6 Å². The van der Waals surface area contributed by atoms with Crippen molar-refractivity contribution in [2.75, 3.05) is 5.75 Å². The van der Waals surface area contributed by atoms with E-state index in [1.54, 1.807) is 42.5 Å². The molecule has 0 radical (unpaired) electrons. The first kappa shape index (κ1) is 23.1. The molecule has 0 heterocycles. The lowest BCUT2D eigenvalue weighted by Gasteiger charge is -2.21. The van der Waals surface area contributed by atoms with Crippen LogP contribution in [0.5, 0.6) is 0 Å². The minimum atomic E-state index is -3.70. The van der Waals surface area contributed by atoms with Crippen molar-refractivity contribution in [2.24, 2.45) is 0 Å². The van der Waals surface area contributed by atoms with E-state index in [1.165, 1.54) is 19.1 Å². The second-order valence-corrected chi connectivity index (χ2v) is 8.87. The van der Waals surface area contributed by atoms with Gasteiger partial charge < -0.3 is 15.7 Å². The molecular formula is C21H24N2O6S. The third-order valence-corrected chi connectivity index (χ3v) is 6.13. The lowest BCUT2D eigenvalue weighted by atomic mass is 10.0. The Kier molecular flexibility index (Phi) is 8.11. The number of carbonyl (C=O) groups excluding carboxylic acids is 2. The maximum absolute atomic E-state index is 12.7. The van der Waals surface area contributed by atoms with Crippen LogP contribution in [-0.4, -0.2) is 49.1 Å². The summed E-state index contributed by atoms with van der Waals surface area (Å²) >= 11 is 0. The van der Waals surface area contributed by atoms with Crippen LogP contribution in [0, 0.1) is 0 Å². The zero-order valence-electron chi connectivity index (χ0n) is 16.4. The van der Waals surface area contributed by atoms with Crippen molar-refractivity contribution in [3.8, 4) is 0 Å². The first-order valence-electron chi connectivity index (χ1n) is 9.31. The van der Waals surface area contributed by atoms with Crippen LogP contribution in [0.1, 0.15) is 18.9 Å². The Morgan fingerprint density at radius 2 is 1.47 bits per heavy atom. The van der Waals surface area contributed by atoms with Gasteiger partial charge in [-0.3, -0.25) is 9.59 Å². The molecule has 0 aromatic heterocycles. The number of carbonyl (C=O) groups is 3. The molecule has 0 unspecified atom stereocenters. The third-order valence-electron chi connectivity index (χ3n) is 4.37. The largest absolute Gasteiger partial charge is 0.480 e. The van der Waals surface area contributed by atoms with Crippen molar-refractivity contribution < 1.29 is 27.9 Å². The fourth-order valence-electron chi connectivity index (χ4n) is 2.85. The molecule has 2 amide bonds. The van der Waals surface area contributed by atoms with E-state index < -0.39 is 45.5 Å². The molecule has 8 nitrogen and oxygen atoms in total. The summed E-state index contributed by atoms with van der Waals surface area (Å²) in [6.45, 7) is 1.26. The summed E-state index contributed by atoms with van der Waals surface area (Å²) < 4.78 is 24.8. The van der Waals surface area contributed by atoms with Crippen molar-refractivity contribution in [1.82, 2.24) is 10.6 Å². The Balaban J connectivity index is 2.08. The average molecular weight is 432 g/mol. The van der Waals surface area contributed by atoms with E-state index in [0.717, 1.165) is 5.56 Å². The molecule has 2 rings (SSSR count). The van der Waals surface area contributed by atoms with Crippen molar-refractivity contribution >= 4 is 27.6 Å². The quantitative estimate of drug-likeness (QED) is 0.517. The second kappa shape index (κ2) is 10.5. The van der Waals surface area contributed by atoms with E-state index >= 15 is 0 Å². The highest BCUT2D eigenvalue weighted by molar-refractivity contribution is 7.91. The number of amides is 2. The third kappa shape index (κ3) is 7.00. The summed E-state index contributed by atoms with van der Waals surface area (Å²) in [5.41, 5.74) is 0.782. The van der Waals surface area contributed by atoms with E-state index in [4.69, 9.17) is 0 Å². The molecule has 9 heteroatoms. The number of carboxylic acid groups (broad SMARTS) is 1. The summed E-state index contributed by atoms with van der Waals surface area (Å²) in [6, 6.07) is 14.2. The van der Waals surface area contributed by atoms with Gasteiger partial charge in [-0.25, -0.2) is 13.2 Å². The van der Waals surface area contributed by atoms with Gasteiger partial charge in [0.15, 0.2) is 9.84 Å². The monoisotopic (exact) mass is 432 g/mol. The Bertz CT molecular complexity index is 977. The minimum Gasteiger partial charge on any atom is -0.480 e. The van der Waals surface area contributed by atoms with E-state index in [1.807, 2.05) is 6.07 Å². The van der Waals surface area contributed by atoms with Crippen LogP contribution in [0.2, 0.25) is 0 Å². The molecule has 0 saturated carbocycles. The van der Waals surface area contributed by atoms with E-state index in [0.29, 0.717) is 0 Å². The minimum absolute atomic E-state index is 0.0839. The zero-order valence-corrected chi connectivity index (χ0v) is 17.3. The number of sulfone groups is 1. The molecule has 2 atom stereocenters. The van der Waals surface area contributed by atoms with Gasteiger partial charge in [0.25, 0.3) is 0 Å². The summed E-state index contributed by atoms with van der Waals surface area (Å²) in [6.07, 6.45) is -0.142. The van der Waals surface area contributed by atoms with E-state index in [-0.39, 0.29) is 17.7 Å². The summed E-state index contributed by atoms with van der Waals surface area (Å²) in [7, 11) is -3.70. The smallest absolute Gasteiger partial charge is 0.326 e. The number of carboxylic acids is 1. The molecule has 0 fully saturated rings. The number of rotatable bonds is 10. The molecule has 30 heavy (non-hydrogen) atoms. The Labute approximate surface area is 175 Å². The highest BCUT2D eigenvalue weighted by Gasteiger charge is 2.28. The fourth-order valence-corrected chi connectivity index (χ4v) is 4.21. The molecule has 0 aliphatic heterocycles. The topological polar surface area (TPSA) is 130 Å². The van der Waals surface area contributed by atoms with Gasteiger partial charge in [0, 0.05) is 13.3 Å². The highest BCUT2D eigenvalue weighted by atomic mass is 32.2. The van der Waals surface area contributed by atoms with Gasteiger partial charge >= 0.3 is 5.97 Å². The molecule has 3 N–H and O–H groups in total. The van der Waals surface area contributed by atoms with Crippen LogP contribution in [0.4, 0.5) is 0 Å². The number of aliphatic carboxylic acids is 1. The number of benzene rings is 2. The van der Waals surface area contributed by atoms with Crippen molar-refractivity contribution in [2.45, 2.75) is 36.7 Å². The predicted molar refractivity (Wildman–Crippen MR) is 110 cm³/mol. The maximum atomic E-state index is 12.7. The van der Waals surface area contributed by atoms with E-state index in [9.17, 15) is 27.9 Å². The SMILES string of the molecule is CC(=O)N[C@H](Cc1ccccc1)C(=O)N[C@H](CCS(=O)(=O)c1ccccc1)C(=O)O. The summed E-state index contributed by atoms with van der Waals surface area (Å²) in [5.74, 6) is -2.94. The molecule has 0 spiro atoms. The highest BCUT2D eigenvalue weighted by Crippen LogP contribution is 2.12. The lowest BCUT2D eigenvalue weighted by Crippen LogP contribution is -2.52. The van der Waals surface area contributed by atoms with Gasteiger partial charge in [0.1, 0.15) is 12.1 Å². The number of hydrogen-bond donors (Lipinski definition) is 3. The van der Waals surface area contributed by atoms with Gasteiger partial charge in [-0.2, -0.15) is 0 Å². The number of nitrogens with one attached hydrogen (secondary N) is 2. The van der Waals surface area contributed by atoms with Gasteiger partial charge in [-0.1, -0.05) is 48.5 Å². The molecule has 0 bridgehead atoms. The van der Waals surface area contributed by atoms with Crippen LogP contribution in [-0.2, 0) is 30.6 Å². The molecule has 160 valence electrons. The van der Waals surface area contributed by atoms with E-state index in [2.05, 4.69) is 10.6 Å². The summed E-state index contributed by atoms with van der Waals surface area (Å²) in [5, 5.41) is 14.3. The van der Waals surface area contributed by atoms with Gasteiger partial charge in [-0.05, 0) is 24.1 Å².